The zero-order chi connectivity index (χ0) is 21.4. The third-order valence-electron chi connectivity index (χ3n) is 4.86. The van der Waals surface area contributed by atoms with Gasteiger partial charge in [-0.1, -0.05) is 11.6 Å². The number of nitrogens with zero attached hydrogens (tertiary/aromatic N) is 3. The van der Waals surface area contributed by atoms with Crippen LogP contribution in [-0.2, 0) is 9.59 Å². The Labute approximate surface area is 177 Å². The summed E-state index contributed by atoms with van der Waals surface area (Å²) in [5, 5.41) is 2.85. The van der Waals surface area contributed by atoms with Crippen LogP contribution < -0.4 is 10.2 Å². The molecule has 2 aromatic heterocycles. The number of pyridine rings is 1. The molecule has 1 saturated heterocycles. The van der Waals surface area contributed by atoms with Gasteiger partial charge in [0.2, 0.25) is 0 Å². The van der Waals surface area contributed by atoms with E-state index < -0.39 is 17.8 Å². The van der Waals surface area contributed by atoms with Gasteiger partial charge in [0.25, 0.3) is 11.8 Å². The number of carbonyl (C=O) groups is 3. The molecule has 0 aliphatic carbocycles. The number of barbiturate groups is 1. The molecule has 7 nitrogen and oxygen atoms in total. The molecule has 0 atom stereocenters. The monoisotopic (exact) mass is 420 g/mol. The number of aryl methyl sites for hydroxylation is 1. The number of benzene rings is 1. The Morgan fingerprint density at radius 3 is 2.43 bits per heavy atom. The van der Waals surface area contributed by atoms with E-state index in [2.05, 4.69) is 10.3 Å². The number of hydrogen-bond donors (Lipinski definition) is 1. The fourth-order valence-corrected chi connectivity index (χ4v) is 3.58. The van der Waals surface area contributed by atoms with E-state index in [1.54, 1.807) is 24.3 Å². The lowest BCUT2D eigenvalue weighted by atomic mass is 10.1. The predicted octanol–water partition coefficient (Wildman–Crippen LogP) is 3.81. The van der Waals surface area contributed by atoms with Crippen LogP contribution in [0, 0.1) is 13.8 Å². The summed E-state index contributed by atoms with van der Waals surface area (Å²) in [4.78, 5) is 42.5. The van der Waals surface area contributed by atoms with E-state index in [1.165, 1.54) is 18.5 Å². The normalized spacial score (nSPS) is 15.6. The van der Waals surface area contributed by atoms with Crippen LogP contribution in [0.2, 0.25) is 5.02 Å². The van der Waals surface area contributed by atoms with E-state index in [9.17, 15) is 14.4 Å². The maximum absolute atomic E-state index is 13.0. The van der Waals surface area contributed by atoms with Crippen LogP contribution in [0.25, 0.3) is 11.8 Å². The SMILES string of the molecule is Cc1cc(/C=C2/C(=O)NC(=O)N(c3cccnc3)C2=O)c(C)n1-c1ccc(Cl)cc1. The molecular weight excluding hydrogens is 404 g/mol. The second kappa shape index (κ2) is 7.61. The highest BCUT2D eigenvalue weighted by atomic mass is 35.5. The standard InChI is InChI=1S/C22H17ClN4O3/c1-13-10-15(14(2)26(13)17-7-5-16(23)6-8-17)11-19-20(28)25-22(30)27(21(19)29)18-4-3-9-24-12-18/h3-12H,1-2H3,(H,25,28,30)/b19-11-. The van der Waals surface area contributed by atoms with Crippen molar-refractivity contribution in [3.63, 3.8) is 0 Å². The Kier molecular flexibility index (Phi) is 4.97. The molecule has 4 amide bonds. The molecule has 4 rings (SSSR count). The summed E-state index contributed by atoms with van der Waals surface area (Å²) < 4.78 is 2.00. The van der Waals surface area contributed by atoms with Gasteiger partial charge in [-0.3, -0.25) is 19.9 Å². The topological polar surface area (TPSA) is 84.3 Å². The quantitative estimate of drug-likeness (QED) is 0.515. The third kappa shape index (κ3) is 3.40. The molecule has 1 aliphatic heterocycles. The number of halogens is 1. The highest BCUT2D eigenvalue weighted by Gasteiger charge is 2.37. The number of imide groups is 2. The van der Waals surface area contributed by atoms with Crippen molar-refractivity contribution in [3.8, 4) is 5.69 Å². The number of urea groups is 1. The van der Waals surface area contributed by atoms with Crippen molar-refractivity contribution in [1.29, 1.82) is 0 Å². The second-order valence-electron chi connectivity index (χ2n) is 6.81. The number of rotatable bonds is 3. The van der Waals surface area contributed by atoms with Crippen LogP contribution in [-0.4, -0.2) is 27.4 Å². The minimum Gasteiger partial charge on any atom is -0.318 e. The third-order valence-corrected chi connectivity index (χ3v) is 5.11. The van der Waals surface area contributed by atoms with Crippen LogP contribution in [0.1, 0.15) is 17.0 Å². The van der Waals surface area contributed by atoms with E-state index in [-0.39, 0.29) is 11.3 Å². The first-order chi connectivity index (χ1) is 14.4. The second-order valence-corrected chi connectivity index (χ2v) is 7.24. The molecule has 1 aliphatic rings. The number of anilines is 1. The predicted molar refractivity (Wildman–Crippen MR) is 113 cm³/mol. The van der Waals surface area contributed by atoms with Crippen LogP contribution in [0.15, 0.2) is 60.4 Å². The first kappa shape index (κ1) is 19.6. The molecule has 8 heteroatoms. The average molecular weight is 421 g/mol. The van der Waals surface area contributed by atoms with Crippen molar-refractivity contribution < 1.29 is 14.4 Å². The van der Waals surface area contributed by atoms with Crippen LogP contribution >= 0.6 is 11.6 Å². The summed E-state index contributed by atoms with van der Waals surface area (Å²) in [6.45, 7) is 3.82. The number of aromatic nitrogens is 2. The minimum atomic E-state index is -0.804. The van der Waals surface area contributed by atoms with E-state index >= 15 is 0 Å². The molecule has 0 unspecified atom stereocenters. The molecule has 150 valence electrons. The Balaban J connectivity index is 1.76. The van der Waals surface area contributed by atoms with Gasteiger partial charge in [-0.2, -0.15) is 0 Å². The van der Waals surface area contributed by atoms with Crippen molar-refractivity contribution in [2.24, 2.45) is 0 Å². The van der Waals surface area contributed by atoms with Gasteiger partial charge in [-0.05, 0) is 68.0 Å². The maximum atomic E-state index is 13.0. The van der Waals surface area contributed by atoms with Gasteiger partial charge in [0.05, 0.1) is 11.9 Å². The molecule has 3 aromatic rings. The van der Waals surface area contributed by atoms with Gasteiger partial charge < -0.3 is 4.57 Å². The first-order valence-electron chi connectivity index (χ1n) is 9.13. The Morgan fingerprint density at radius 2 is 1.77 bits per heavy atom. The van der Waals surface area contributed by atoms with Crippen LogP contribution in [0.3, 0.4) is 0 Å². The zero-order valence-electron chi connectivity index (χ0n) is 16.2. The molecule has 1 aromatic carbocycles. The fraction of sp³-hybridized carbons (Fsp3) is 0.0909. The number of nitrogens with one attached hydrogen (secondary N) is 1. The van der Waals surface area contributed by atoms with Crippen molar-refractivity contribution in [1.82, 2.24) is 14.9 Å². The van der Waals surface area contributed by atoms with Gasteiger partial charge in [0.15, 0.2) is 0 Å². The molecule has 0 spiro atoms. The van der Waals surface area contributed by atoms with E-state index in [1.807, 2.05) is 36.6 Å². The fourth-order valence-electron chi connectivity index (χ4n) is 3.45. The van der Waals surface area contributed by atoms with Gasteiger partial charge in [0.1, 0.15) is 5.57 Å². The van der Waals surface area contributed by atoms with Gasteiger partial charge in [0, 0.05) is 28.3 Å². The number of hydrogen-bond acceptors (Lipinski definition) is 4. The molecule has 0 bridgehead atoms. The van der Waals surface area contributed by atoms with Crippen molar-refractivity contribution in [2.75, 3.05) is 4.90 Å². The highest BCUT2D eigenvalue weighted by molar-refractivity contribution is 6.39. The summed E-state index contributed by atoms with van der Waals surface area (Å²) in [6, 6.07) is 11.6. The Hall–Kier alpha value is -3.71. The number of amides is 4. The van der Waals surface area contributed by atoms with Crippen molar-refractivity contribution >= 4 is 41.2 Å². The Bertz CT molecular complexity index is 1200. The molecular formula is C22H17ClN4O3. The summed E-state index contributed by atoms with van der Waals surface area (Å²) in [5.41, 5.74) is 3.52. The van der Waals surface area contributed by atoms with E-state index in [0.717, 1.165) is 22.0 Å². The minimum absolute atomic E-state index is 0.130. The summed E-state index contributed by atoms with van der Waals surface area (Å²) in [5.74, 6) is -1.44. The largest absolute Gasteiger partial charge is 0.336 e. The lowest BCUT2D eigenvalue weighted by Gasteiger charge is -2.26. The van der Waals surface area contributed by atoms with E-state index in [0.29, 0.717) is 10.6 Å². The Morgan fingerprint density at radius 1 is 1.03 bits per heavy atom. The smallest absolute Gasteiger partial charge is 0.318 e. The van der Waals surface area contributed by atoms with Gasteiger partial charge in [-0.25, -0.2) is 9.69 Å². The molecule has 0 radical (unpaired) electrons. The van der Waals surface area contributed by atoms with E-state index in [4.69, 9.17) is 11.6 Å². The van der Waals surface area contributed by atoms with Crippen LogP contribution in [0.5, 0.6) is 0 Å². The number of carbonyl (C=O) groups excluding carboxylic acids is 3. The summed E-state index contributed by atoms with van der Waals surface area (Å²) in [6.07, 6.45) is 4.42. The van der Waals surface area contributed by atoms with Crippen molar-refractivity contribution in [2.45, 2.75) is 13.8 Å². The summed E-state index contributed by atoms with van der Waals surface area (Å²) in [7, 11) is 0. The molecule has 3 heterocycles. The summed E-state index contributed by atoms with van der Waals surface area (Å²) >= 11 is 5.98. The lowest BCUT2D eigenvalue weighted by Crippen LogP contribution is -2.54. The maximum Gasteiger partial charge on any atom is 0.336 e. The molecule has 30 heavy (non-hydrogen) atoms. The lowest BCUT2D eigenvalue weighted by molar-refractivity contribution is -0.122. The molecule has 1 N–H and O–H groups in total. The zero-order valence-corrected chi connectivity index (χ0v) is 17.0. The molecule has 1 fully saturated rings. The van der Waals surface area contributed by atoms with Gasteiger partial charge in [-0.15, -0.1) is 0 Å². The first-order valence-corrected chi connectivity index (χ1v) is 9.51. The highest BCUT2D eigenvalue weighted by Crippen LogP contribution is 2.26. The van der Waals surface area contributed by atoms with Crippen molar-refractivity contribution in [3.05, 3.63) is 82.4 Å². The van der Waals surface area contributed by atoms with Crippen LogP contribution in [0.4, 0.5) is 10.5 Å². The molecule has 0 saturated carbocycles. The van der Waals surface area contributed by atoms with Gasteiger partial charge >= 0.3 is 6.03 Å². The average Bonchev–Trinajstić information content (AvgIpc) is 3.00.